The fourth-order valence-electron chi connectivity index (χ4n) is 2.49. The molecular weight excluding hydrogens is 346 g/mol. The third kappa shape index (κ3) is 3.98. The van der Waals surface area contributed by atoms with Gasteiger partial charge in [0.05, 0.1) is 25.6 Å². The van der Waals surface area contributed by atoms with Gasteiger partial charge in [-0.3, -0.25) is 9.59 Å². The van der Waals surface area contributed by atoms with Crippen molar-refractivity contribution in [3.63, 3.8) is 0 Å². The van der Waals surface area contributed by atoms with Crippen LogP contribution in [0.3, 0.4) is 0 Å². The predicted octanol–water partition coefficient (Wildman–Crippen LogP) is 2.81. The molecule has 1 N–H and O–H groups in total. The van der Waals surface area contributed by atoms with Crippen LogP contribution in [0.2, 0.25) is 0 Å². The van der Waals surface area contributed by atoms with Crippen LogP contribution in [0.25, 0.3) is 5.69 Å². The van der Waals surface area contributed by atoms with Gasteiger partial charge in [-0.1, -0.05) is 17.7 Å². The summed E-state index contributed by atoms with van der Waals surface area (Å²) in [5, 5.41) is 6.85. The van der Waals surface area contributed by atoms with Crippen LogP contribution in [-0.4, -0.2) is 29.9 Å². The molecule has 138 valence electrons. The average molecular weight is 365 g/mol. The summed E-state index contributed by atoms with van der Waals surface area (Å²) in [4.78, 5) is 24.8. The lowest BCUT2D eigenvalue weighted by Gasteiger charge is -2.12. The first kappa shape index (κ1) is 18.2. The van der Waals surface area contributed by atoms with Crippen molar-refractivity contribution in [3.05, 3.63) is 76.2 Å². The first-order valence-electron chi connectivity index (χ1n) is 8.22. The fraction of sp³-hybridized carbons (Fsp3) is 0.150. The summed E-state index contributed by atoms with van der Waals surface area (Å²) >= 11 is 0. The van der Waals surface area contributed by atoms with Crippen LogP contribution < -0.4 is 20.2 Å². The number of carbonyl (C=O) groups excluding carboxylic acids is 1. The van der Waals surface area contributed by atoms with Crippen LogP contribution in [0.4, 0.5) is 5.69 Å². The van der Waals surface area contributed by atoms with Gasteiger partial charge in [0, 0.05) is 18.3 Å². The van der Waals surface area contributed by atoms with Crippen molar-refractivity contribution in [1.82, 2.24) is 9.78 Å². The third-order valence-corrected chi connectivity index (χ3v) is 3.98. The van der Waals surface area contributed by atoms with E-state index in [2.05, 4.69) is 10.4 Å². The van der Waals surface area contributed by atoms with Gasteiger partial charge in [-0.2, -0.15) is 5.10 Å². The van der Waals surface area contributed by atoms with Gasteiger partial charge in [-0.15, -0.1) is 0 Å². The van der Waals surface area contributed by atoms with E-state index < -0.39 is 11.3 Å². The van der Waals surface area contributed by atoms with E-state index in [1.54, 1.807) is 18.2 Å². The zero-order chi connectivity index (χ0) is 19.4. The van der Waals surface area contributed by atoms with E-state index >= 15 is 0 Å². The van der Waals surface area contributed by atoms with Crippen molar-refractivity contribution < 1.29 is 14.3 Å². The SMILES string of the molecule is COc1ccc(NC(=O)c2nn(-c3ccc(C)cc3)ccc2=O)c(OC)c1. The summed E-state index contributed by atoms with van der Waals surface area (Å²) in [5.74, 6) is 0.381. The van der Waals surface area contributed by atoms with E-state index in [1.165, 1.54) is 31.2 Å². The lowest BCUT2D eigenvalue weighted by atomic mass is 10.2. The van der Waals surface area contributed by atoms with Crippen molar-refractivity contribution in [2.75, 3.05) is 19.5 Å². The number of nitrogens with zero attached hydrogens (tertiary/aromatic N) is 2. The smallest absolute Gasteiger partial charge is 0.280 e. The van der Waals surface area contributed by atoms with Crippen molar-refractivity contribution in [1.29, 1.82) is 0 Å². The van der Waals surface area contributed by atoms with E-state index in [4.69, 9.17) is 9.47 Å². The Morgan fingerprint density at radius 1 is 1.04 bits per heavy atom. The number of aryl methyl sites for hydroxylation is 1. The van der Waals surface area contributed by atoms with E-state index in [1.807, 2.05) is 31.2 Å². The van der Waals surface area contributed by atoms with E-state index in [-0.39, 0.29) is 5.69 Å². The number of aromatic nitrogens is 2. The molecule has 0 saturated carbocycles. The molecule has 7 nitrogen and oxygen atoms in total. The number of benzene rings is 2. The van der Waals surface area contributed by atoms with Crippen molar-refractivity contribution in [2.45, 2.75) is 6.92 Å². The van der Waals surface area contributed by atoms with E-state index in [0.29, 0.717) is 17.2 Å². The van der Waals surface area contributed by atoms with E-state index in [0.717, 1.165) is 11.3 Å². The lowest BCUT2D eigenvalue weighted by Crippen LogP contribution is -2.25. The second-order valence-electron chi connectivity index (χ2n) is 5.83. The van der Waals surface area contributed by atoms with Crippen LogP contribution in [0.15, 0.2) is 59.5 Å². The van der Waals surface area contributed by atoms with Crippen LogP contribution in [0.1, 0.15) is 16.1 Å². The molecule has 0 atom stereocenters. The summed E-state index contributed by atoms with van der Waals surface area (Å²) in [6, 6.07) is 13.8. The Labute approximate surface area is 156 Å². The molecule has 2 aromatic carbocycles. The highest BCUT2D eigenvalue weighted by Gasteiger charge is 2.16. The number of carbonyl (C=O) groups is 1. The minimum absolute atomic E-state index is 0.212. The molecule has 0 aliphatic heterocycles. The number of ether oxygens (including phenoxy) is 2. The molecule has 0 fully saturated rings. The first-order chi connectivity index (χ1) is 13.0. The summed E-state index contributed by atoms with van der Waals surface area (Å²) in [5.41, 5.74) is 1.58. The second kappa shape index (κ2) is 7.74. The summed E-state index contributed by atoms with van der Waals surface area (Å²) < 4.78 is 11.9. The molecule has 0 radical (unpaired) electrons. The maximum absolute atomic E-state index is 12.6. The zero-order valence-corrected chi connectivity index (χ0v) is 15.2. The highest BCUT2D eigenvalue weighted by atomic mass is 16.5. The Kier molecular flexibility index (Phi) is 5.21. The van der Waals surface area contributed by atoms with Crippen molar-refractivity contribution in [3.8, 4) is 17.2 Å². The number of anilines is 1. The van der Waals surface area contributed by atoms with Gasteiger partial charge in [0.15, 0.2) is 5.69 Å². The summed E-state index contributed by atoms with van der Waals surface area (Å²) in [7, 11) is 3.02. The number of amides is 1. The van der Waals surface area contributed by atoms with Gasteiger partial charge < -0.3 is 14.8 Å². The molecule has 0 spiro atoms. The number of hydrogen-bond acceptors (Lipinski definition) is 5. The van der Waals surface area contributed by atoms with Crippen LogP contribution in [0, 0.1) is 6.92 Å². The average Bonchev–Trinajstić information content (AvgIpc) is 2.69. The summed E-state index contributed by atoms with van der Waals surface area (Å²) in [6.45, 7) is 1.98. The Hall–Kier alpha value is -3.61. The molecule has 0 bridgehead atoms. The van der Waals surface area contributed by atoms with Gasteiger partial charge >= 0.3 is 0 Å². The quantitative estimate of drug-likeness (QED) is 0.752. The minimum atomic E-state index is -0.620. The molecule has 0 unspecified atom stereocenters. The fourth-order valence-corrected chi connectivity index (χ4v) is 2.49. The molecule has 1 aromatic heterocycles. The molecule has 3 rings (SSSR count). The molecule has 3 aromatic rings. The molecule has 0 aliphatic rings. The third-order valence-electron chi connectivity index (χ3n) is 3.98. The van der Waals surface area contributed by atoms with Gasteiger partial charge in [0.25, 0.3) is 5.91 Å². The Morgan fingerprint density at radius 3 is 2.44 bits per heavy atom. The maximum Gasteiger partial charge on any atom is 0.280 e. The highest BCUT2D eigenvalue weighted by molar-refractivity contribution is 6.03. The molecule has 0 aliphatic carbocycles. The van der Waals surface area contributed by atoms with Gasteiger partial charge in [0.2, 0.25) is 5.43 Å². The topological polar surface area (TPSA) is 82.5 Å². The lowest BCUT2D eigenvalue weighted by molar-refractivity contribution is 0.101. The Bertz CT molecular complexity index is 1030. The van der Waals surface area contributed by atoms with Crippen LogP contribution in [0.5, 0.6) is 11.5 Å². The number of methoxy groups -OCH3 is 2. The van der Waals surface area contributed by atoms with Gasteiger partial charge in [0.1, 0.15) is 11.5 Å². The van der Waals surface area contributed by atoms with Gasteiger partial charge in [-0.05, 0) is 31.2 Å². The molecule has 1 amide bonds. The predicted molar refractivity (Wildman–Crippen MR) is 102 cm³/mol. The number of hydrogen-bond donors (Lipinski definition) is 1. The Balaban J connectivity index is 1.92. The van der Waals surface area contributed by atoms with Crippen molar-refractivity contribution in [2.24, 2.45) is 0 Å². The normalized spacial score (nSPS) is 10.3. The zero-order valence-electron chi connectivity index (χ0n) is 15.2. The van der Waals surface area contributed by atoms with Gasteiger partial charge in [-0.25, -0.2) is 4.68 Å². The largest absolute Gasteiger partial charge is 0.497 e. The molecule has 7 heteroatoms. The monoisotopic (exact) mass is 365 g/mol. The van der Waals surface area contributed by atoms with Crippen LogP contribution in [-0.2, 0) is 0 Å². The molecule has 1 heterocycles. The second-order valence-corrected chi connectivity index (χ2v) is 5.83. The minimum Gasteiger partial charge on any atom is -0.497 e. The Morgan fingerprint density at radius 2 is 1.78 bits per heavy atom. The number of nitrogens with one attached hydrogen (secondary N) is 1. The molecule has 0 saturated heterocycles. The van der Waals surface area contributed by atoms with E-state index in [9.17, 15) is 9.59 Å². The molecule has 27 heavy (non-hydrogen) atoms. The van der Waals surface area contributed by atoms with Crippen LogP contribution >= 0.6 is 0 Å². The summed E-state index contributed by atoms with van der Waals surface area (Å²) in [6.07, 6.45) is 1.53. The van der Waals surface area contributed by atoms with Crippen molar-refractivity contribution >= 4 is 11.6 Å². The number of rotatable bonds is 5. The maximum atomic E-state index is 12.6. The standard InChI is InChI=1S/C20H19N3O4/c1-13-4-6-14(7-5-13)23-11-10-17(24)19(22-23)20(25)21-16-9-8-15(26-2)12-18(16)27-3/h4-12H,1-3H3,(H,21,25). The molecular formula is C20H19N3O4. The first-order valence-corrected chi connectivity index (χ1v) is 8.22. The highest BCUT2D eigenvalue weighted by Crippen LogP contribution is 2.29.